The Morgan fingerprint density at radius 3 is 1.77 bits per heavy atom. The second-order valence-corrected chi connectivity index (χ2v) is 5.51. The maximum Gasteiger partial charge on any atom is 0.232 e. The molecule has 0 saturated carbocycles. The van der Waals surface area contributed by atoms with E-state index in [2.05, 4.69) is 11.1 Å². The first-order valence-corrected chi connectivity index (χ1v) is 7.98. The Bertz CT molecular complexity index is 943. The number of pyridine rings is 1. The third-order valence-electron chi connectivity index (χ3n) is 4.08. The zero-order chi connectivity index (χ0) is 18.5. The molecule has 0 radical (unpaired) electrons. The fourth-order valence-electron chi connectivity index (χ4n) is 2.69. The normalized spacial score (nSPS) is 10.1. The van der Waals surface area contributed by atoms with E-state index >= 15 is 0 Å². The van der Waals surface area contributed by atoms with Crippen LogP contribution in [0.25, 0.3) is 22.4 Å². The van der Waals surface area contributed by atoms with Gasteiger partial charge in [-0.2, -0.15) is 5.26 Å². The number of rotatable bonds is 5. The van der Waals surface area contributed by atoms with Crippen LogP contribution >= 0.6 is 0 Å². The highest BCUT2D eigenvalue weighted by molar-refractivity contribution is 5.78. The average Bonchev–Trinajstić information content (AvgIpc) is 2.72. The summed E-state index contributed by atoms with van der Waals surface area (Å²) in [6, 6.07) is 19.2. The highest BCUT2D eigenvalue weighted by atomic mass is 16.5. The molecule has 5 nitrogen and oxygen atoms in total. The van der Waals surface area contributed by atoms with Crippen LogP contribution in [0.5, 0.6) is 17.4 Å². The Morgan fingerprint density at radius 2 is 1.31 bits per heavy atom. The van der Waals surface area contributed by atoms with Gasteiger partial charge in [0, 0.05) is 11.1 Å². The lowest BCUT2D eigenvalue weighted by Crippen LogP contribution is -1.98. The van der Waals surface area contributed by atoms with Gasteiger partial charge in [0.1, 0.15) is 23.1 Å². The van der Waals surface area contributed by atoms with Gasteiger partial charge in [-0.05, 0) is 48.0 Å². The Balaban J connectivity index is 2.16. The summed E-state index contributed by atoms with van der Waals surface area (Å²) in [5.41, 5.74) is 3.67. The van der Waals surface area contributed by atoms with E-state index in [1.54, 1.807) is 14.2 Å². The maximum absolute atomic E-state index is 9.61. The number of hydrogen-bond donors (Lipinski definition) is 0. The number of methoxy groups -OCH3 is 3. The van der Waals surface area contributed by atoms with Gasteiger partial charge in [-0.25, -0.2) is 4.98 Å². The molecule has 0 saturated heterocycles. The SMILES string of the molecule is COc1ccc(-c2cc(-c3ccc(OC)cc3)c(C#N)c(OC)n2)cc1. The first kappa shape index (κ1) is 17.3. The molecule has 0 aliphatic carbocycles. The van der Waals surface area contributed by atoms with E-state index in [1.165, 1.54) is 7.11 Å². The van der Waals surface area contributed by atoms with Crippen LogP contribution in [-0.2, 0) is 0 Å². The van der Waals surface area contributed by atoms with Crippen molar-refractivity contribution in [2.24, 2.45) is 0 Å². The lowest BCUT2D eigenvalue weighted by Gasteiger charge is -2.12. The number of nitriles is 1. The topological polar surface area (TPSA) is 64.4 Å². The Kier molecular flexibility index (Phi) is 5.04. The molecule has 3 aromatic rings. The molecular formula is C21H18N2O3. The lowest BCUT2D eigenvalue weighted by atomic mass is 9.98. The number of hydrogen-bond acceptors (Lipinski definition) is 5. The third kappa shape index (κ3) is 3.31. The van der Waals surface area contributed by atoms with Crippen LogP contribution in [0, 0.1) is 11.3 Å². The number of benzene rings is 2. The van der Waals surface area contributed by atoms with Gasteiger partial charge in [-0.15, -0.1) is 0 Å². The van der Waals surface area contributed by atoms with Gasteiger partial charge in [-0.1, -0.05) is 12.1 Å². The molecule has 2 aromatic carbocycles. The Morgan fingerprint density at radius 1 is 0.769 bits per heavy atom. The standard InChI is InChI=1S/C21H18N2O3/c1-24-16-8-4-14(5-9-16)18-12-20(23-21(26-3)19(18)13-22)15-6-10-17(25-2)11-7-15/h4-12H,1-3H3. The van der Waals surface area contributed by atoms with E-state index in [9.17, 15) is 5.26 Å². The van der Waals surface area contributed by atoms with Crippen molar-refractivity contribution in [3.05, 3.63) is 60.2 Å². The summed E-state index contributed by atoms with van der Waals surface area (Å²) in [7, 11) is 4.76. The van der Waals surface area contributed by atoms with Crippen LogP contribution in [-0.4, -0.2) is 26.3 Å². The molecule has 5 heteroatoms. The van der Waals surface area contributed by atoms with E-state index < -0.39 is 0 Å². The largest absolute Gasteiger partial charge is 0.497 e. The van der Waals surface area contributed by atoms with Crippen LogP contribution in [0.4, 0.5) is 0 Å². The van der Waals surface area contributed by atoms with Crippen molar-refractivity contribution in [2.75, 3.05) is 21.3 Å². The van der Waals surface area contributed by atoms with Gasteiger partial charge in [0.25, 0.3) is 0 Å². The molecule has 0 N–H and O–H groups in total. The van der Waals surface area contributed by atoms with Gasteiger partial charge in [-0.3, -0.25) is 0 Å². The van der Waals surface area contributed by atoms with Crippen LogP contribution in [0.2, 0.25) is 0 Å². The molecule has 0 bridgehead atoms. The lowest BCUT2D eigenvalue weighted by molar-refractivity contribution is 0.397. The summed E-state index contributed by atoms with van der Waals surface area (Å²) in [4.78, 5) is 4.50. The Hall–Kier alpha value is -3.52. The van der Waals surface area contributed by atoms with Crippen molar-refractivity contribution in [3.8, 4) is 45.8 Å². The van der Waals surface area contributed by atoms with Crippen molar-refractivity contribution in [1.82, 2.24) is 4.98 Å². The van der Waals surface area contributed by atoms with E-state index in [0.717, 1.165) is 28.2 Å². The Labute approximate surface area is 152 Å². The van der Waals surface area contributed by atoms with Crippen LogP contribution in [0.3, 0.4) is 0 Å². The van der Waals surface area contributed by atoms with Crippen LogP contribution in [0.1, 0.15) is 5.56 Å². The molecular weight excluding hydrogens is 328 g/mol. The summed E-state index contributed by atoms with van der Waals surface area (Å²) in [6.45, 7) is 0. The van der Waals surface area contributed by atoms with Crippen molar-refractivity contribution in [3.63, 3.8) is 0 Å². The minimum Gasteiger partial charge on any atom is -0.497 e. The molecule has 3 rings (SSSR count). The highest BCUT2D eigenvalue weighted by Gasteiger charge is 2.16. The molecule has 0 aliphatic heterocycles. The van der Waals surface area contributed by atoms with Gasteiger partial charge < -0.3 is 14.2 Å². The predicted molar refractivity (Wildman–Crippen MR) is 99.5 cm³/mol. The van der Waals surface area contributed by atoms with Gasteiger partial charge in [0.05, 0.1) is 27.0 Å². The number of nitrogens with zero attached hydrogens (tertiary/aromatic N) is 2. The fourth-order valence-corrected chi connectivity index (χ4v) is 2.69. The summed E-state index contributed by atoms with van der Waals surface area (Å²) in [5, 5.41) is 9.61. The van der Waals surface area contributed by atoms with E-state index in [4.69, 9.17) is 14.2 Å². The van der Waals surface area contributed by atoms with Crippen molar-refractivity contribution in [2.45, 2.75) is 0 Å². The number of aromatic nitrogens is 1. The summed E-state index contributed by atoms with van der Waals surface area (Å²) in [5.74, 6) is 1.82. The zero-order valence-corrected chi connectivity index (χ0v) is 14.8. The number of ether oxygens (including phenoxy) is 3. The second kappa shape index (κ2) is 7.58. The monoisotopic (exact) mass is 346 g/mol. The molecule has 0 atom stereocenters. The minimum atomic E-state index is 0.298. The van der Waals surface area contributed by atoms with E-state index in [1.807, 2.05) is 54.6 Å². The maximum atomic E-state index is 9.61. The quantitative estimate of drug-likeness (QED) is 0.689. The molecule has 0 spiro atoms. The minimum absolute atomic E-state index is 0.298. The smallest absolute Gasteiger partial charge is 0.232 e. The summed E-state index contributed by atoms with van der Waals surface area (Å²) >= 11 is 0. The third-order valence-corrected chi connectivity index (χ3v) is 4.08. The van der Waals surface area contributed by atoms with E-state index in [0.29, 0.717) is 17.1 Å². The molecule has 0 aliphatic rings. The summed E-state index contributed by atoms with van der Waals surface area (Å²) in [6.07, 6.45) is 0. The molecule has 0 unspecified atom stereocenters. The molecule has 0 amide bonds. The van der Waals surface area contributed by atoms with Crippen molar-refractivity contribution >= 4 is 0 Å². The molecule has 1 heterocycles. The first-order valence-electron chi connectivity index (χ1n) is 7.98. The molecule has 26 heavy (non-hydrogen) atoms. The van der Waals surface area contributed by atoms with Crippen molar-refractivity contribution < 1.29 is 14.2 Å². The zero-order valence-electron chi connectivity index (χ0n) is 14.8. The van der Waals surface area contributed by atoms with Crippen LogP contribution < -0.4 is 14.2 Å². The van der Waals surface area contributed by atoms with Gasteiger partial charge in [0.15, 0.2) is 0 Å². The van der Waals surface area contributed by atoms with Crippen molar-refractivity contribution in [1.29, 1.82) is 5.26 Å². The first-order chi connectivity index (χ1) is 12.7. The van der Waals surface area contributed by atoms with Gasteiger partial charge >= 0.3 is 0 Å². The average molecular weight is 346 g/mol. The summed E-state index contributed by atoms with van der Waals surface area (Å²) < 4.78 is 15.8. The molecule has 0 fully saturated rings. The van der Waals surface area contributed by atoms with E-state index in [-0.39, 0.29) is 0 Å². The molecule has 1 aromatic heterocycles. The highest BCUT2D eigenvalue weighted by Crippen LogP contribution is 2.34. The molecule has 130 valence electrons. The van der Waals surface area contributed by atoms with Crippen LogP contribution in [0.15, 0.2) is 54.6 Å². The fraction of sp³-hybridized carbons (Fsp3) is 0.143. The predicted octanol–water partition coefficient (Wildman–Crippen LogP) is 4.31. The second-order valence-electron chi connectivity index (χ2n) is 5.51. The van der Waals surface area contributed by atoms with Gasteiger partial charge in [0.2, 0.25) is 5.88 Å².